The Morgan fingerprint density at radius 2 is 1.92 bits per heavy atom. The first kappa shape index (κ1) is 16.8. The highest BCUT2D eigenvalue weighted by Crippen LogP contribution is 2.26. The maximum absolute atomic E-state index is 12.9. The number of benzene rings is 1. The third-order valence-electron chi connectivity index (χ3n) is 5.59. The smallest absolute Gasteiger partial charge is 0.253 e. The Labute approximate surface area is 153 Å². The van der Waals surface area contributed by atoms with Gasteiger partial charge in [-0.05, 0) is 61.1 Å². The second kappa shape index (κ2) is 6.90. The van der Waals surface area contributed by atoms with Crippen molar-refractivity contribution in [1.82, 2.24) is 9.88 Å². The van der Waals surface area contributed by atoms with Crippen LogP contribution in [0, 0.1) is 0 Å². The molecule has 1 aromatic heterocycles. The summed E-state index contributed by atoms with van der Waals surface area (Å²) in [5, 5.41) is 0. The molecule has 26 heavy (non-hydrogen) atoms. The number of aromatic nitrogens is 1. The summed E-state index contributed by atoms with van der Waals surface area (Å²) in [5.74, 6) is 0.0657. The molecule has 1 unspecified atom stereocenters. The van der Waals surface area contributed by atoms with Crippen molar-refractivity contribution in [2.45, 2.75) is 38.1 Å². The van der Waals surface area contributed by atoms with Crippen LogP contribution in [-0.4, -0.2) is 41.3 Å². The van der Waals surface area contributed by atoms with Crippen molar-refractivity contribution < 1.29 is 9.59 Å². The van der Waals surface area contributed by atoms with Crippen molar-refractivity contribution in [2.75, 3.05) is 18.5 Å². The Bertz CT molecular complexity index is 834. The van der Waals surface area contributed by atoms with Crippen LogP contribution in [0.5, 0.6) is 0 Å². The summed E-state index contributed by atoms with van der Waals surface area (Å²) in [6.07, 6.45) is 7.86. The molecule has 1 aromatic carbocycles. The number of hydrogen-bond acceptors (Lipinski definition) is 3. The van der Waals surface area contributed by atoms with E-state index in [9.17, 15) is 9.59 Å². The van der Waals surface area contributed by atoms with Crippen molar-refractivity contribution in [2.24, 2.45) is 0 Å². The van der Waals surface area contributed by atoms with Crippen LogP contribution >= 0.6 is 0 Å². The minimum Gasteiger partial charge on any atom is -0.338 e. The SMILES string of the molecule is CN(C(=O)c1ccc2c(c1)CCC2)C1CCN(c2ccncc2)C(=O)C1. The number of pyridine rings is 1. The number of amides is 2. The topological polar surface area (TPSA) is 53.5 Å². The maximum Gasteiger partial charge on any atom is 0.253 e. The summed E-state index contributed by atoms with van der Waals surface area (Å²) in [4.78, 5) is 33.0. The summed E-state index contributed by atoms with van der Waals surface area (Å²) in [5.41, 5.74) is 4.27. The molecule has 0 N–H and O–H groups in total. The van der Waals surface area contributed by atoms with Crippen LogP contribution in [0.2, 0.25) is 0 Å². The lowest BCUT2D eigenvalue weighted by molar-refractivity contribution is -0.120. The number of nitrogens with zero attached hydrogens (tertiary/aromatic N) is 3. The highest BCUT2D eigenvalue weighted by molar-refractivity contribution is 5.97. The molecule has 2 aliphatic rings. The molecule has 5 nitrogen and oxygen atoms in total. The zero-order valence-electron chi connectivity index (χ0n) is 15.0. The summed E-state index contributed by atoms with van der Waals surface area (Å²) in [6, 6.07) is 9.68. The number of hydrogen-bond donors (Lipinski definition) is 0. The predicted molar refractivity (Wildman–Crippen MR) is 100 cm³/mol. The zero-order chi connectivity index (χ0) is 18.1. The van der Waals surface area contributed by atoms with E-state index >= 15 is 0 Å². The molecule has 0 bridgehead atoms. The van der Waals surface area contributed by atoms with Gasteiger partial charge in [0, 0.05) is 49.7 Å². The fourth-order valence-corrected chi connectivity index (χ4v) is 4.02. The molecule has 2 heterocycles. The molecule has 134 valence electrons. The summed E-state index contributed by atoms with van der Waals surface area (Å²) in [7, 11) is 1.82. The van der Waals surface area contributed by atoms with Gasteiger partial charge in [0.1, 0.15) is 0 Å². The quantitative estimate of drug-likeness (QED) is 0.856. The van der Waals surface area contributed by atoms with Crippen molar-refractivity contribution in [3.8, 4) is 0 Å². The van der Waals surface area contributed by atoms with Crippen LogP contribution in [0.3, 0.4) is 0 Å². The molecule has 1 saturated heterocycles. The zero-order valence-corrected chi connectivity index (χ0v) is 15.0. The van der Waals surface area contributed by atoms with Crippen LogP contribution in [0.15, 0.2) is 42.7 Å². The van der Waals surface area contributed by atoms with Gasteiger partial charge in [0.2, 0.25) is 5.91 Å². The minimum atomic E-state index is -0.0543. The van der Waals surface area contributed by atoms with E-state index in [0.29, 0.717) is 13.0 Å². The van der Waals surface area contributed by atoms with Crippen molar-refractivity contribution in [3.05, 3.63) is 59.4 Å². The molecular weight excluding hydrogens is 326 g/mol. The fourth-order valence-electron chi connectivity index (χ4n) is 4.02. The molecule has 0 spiro atoms. The first-order valence-corrected chi connectivity index (χ1v) is 9.23. The van der Waals surface area contributed by atoms with E-state index in [-0.39, 0.29) is 17.9 Å². The van der Waals surface area contributed by atoms with Gasteiger partial charge in [0.15, 0.2) is 0 Å². The van der Waals surface area contributed by atoms with Gasteiger partial charge in [0.05, 0.1) is 0 Å². The second-order valence-corrected chi connectivity index (χ2v) is 7.15. The summed E-state index contributed by atoms with van der Waals surface area (Å²) >= 11 is 0. The Morgan fingerprint density at radius 1 is 1.15 bits per heavy atom. The summed E-state index contributed by atoms with van der Waals surface area (Å²) in [6.45, 7) is 0.620. The van der Waals surface area contributed by atoms with Crippen molar-refractivity contribution >= 4 is 17.5 Å². The van der Waals surface area contributed by atoms with E-state index in [4.69, 9.17) is 0 Å². The molecular formula is C21H23N3O2. The highest BCUT2D eigenvalue weighted by atomic mass is 16.2. The van der Waals surface area contributed by atoms with E-state index in [1.807, 2.05) is 31.3 Å². The van der Waals surface area contributed by atoms with Gasteiger partial charge >= 0.3 is 0 Å². The van der Waals surface area contributed by atoms with Gasteiger partial charge in [-0.3, -0.25) is 14.6 Å². The van der Waals surface area contributed by atoms with Crippen LogP contribution in [-0.2, 0) is 17.6 Å². The van der Waals surface area contributed by atoms with Crippen LogP contribution in [0.4, 0.5) is 5.69 Å². The number of piperidine rings is 1. The standard InChI is InChI=1S/C21H23N3O2/c1-23(21(26)17-6-5-15-3-2-4-16(15)13-17)19-9-12-24(20(25)14-19)18-7-10-22-11-8-18/h5-8,10-11,13,19H,2-4,9,12,14H2,1H3. The van der Waals surface area contributed by atoms with Crippen LogP contribution in [0.1, 0.15) is 40.7 Å². The average molecular weight is 349 g/mol. The lowest BCUT2D eigenvalue weighted by Crippen LogP contribution is -2.48. The van der Waals surface area contributed by atoms with Gasteiger partial charge in [-0.2, -0.15) is 0 Å². The predicted octanol–water partition coefficient (Wildman–Crippen LogP) is 2.84. The van der Waals surface area contributed by atoms with E-state index in [0.717, 1.165) is 30.5 Å². The Morgan fingerprint density at radius 3 is 2.69 bits per heavy atom. The number of aryl methyl sites for hydroxylation is 2. The van der Waals surface area contributed by atoms with E-state index in [2.05, 4.69) is 11.1 Å². The number of carbonyl (C=O) groups excluding carboxylic acids is 2. The summed E-state index contributed by atoms with van der Waals surface area (Å²) < 4.78 is 0. The molecule has 2 aromatic rings. The number of rotatable bonds is 3. The Balaban J connectivity index is 1.45. The first-order valence-electron chi connectivity index (χ1n) is 9.23. The Hall–Kier alpha value is -2.69. The Kier molecular flexibility index (Phi) is 4.45. The largest absolute Gasteiger partial charge is 0.338 e. The van der Waals surface area contributed by atoms with Crippen LogP contribution in [0.25, 0.3) is 0 Å². The van der Waals surface area contributed by atoms with Gasteiger partial charge in [-0.15, -0.1) is 0 Å². The molecule has 0 saturated carbocycles. The monoisotopic (exact) mass is 349 g/mol. The molecule has 1 atom stereocenters. The number of anilines is 1. The first-order chi connectivity index (χ1) is 12.6. The lowest BCUT2D eigenvalue weighted by atomic mass is 10.00. The van der Waals surface area contributed by atoms with Crippen molar-refractivity contribution in [3.63, 3.8) is 0 Å². The maximum atomic E-state index is 12.9. The minimum absolute atomic E-state index is 0.00913. The normalized spacial score (nSPS) is 19.3. The second-order valence-electron chi connectivity index (χ2n) is 7.15. The van der Waals surface area contributed by atoms with Gasteiger partial charge in [-0.1, -0.05) is 6.07 Å². The van der Waals surface area contributed by atoms with Gasteiger partial charge < -0.3 is 9.80 Å². The lowest BCUT2D eigenvalue weighted by Gasteiger charge is -2.36. The molecule has 4 rings (SSSR count). The van der Waals surface area contributed by atoms with E-state index in [1.54, 1.807) is 22.2 Å². The third kappa shape index (κ3) is 3.09. The number of fused-ring (bicyclic) bond motifs is 1. The van der Waals surface area contributed by atoms with E-state index < -0.39 is 0 Å². The molecule has 1 aliphatic carbocycles. The van der Waals surface area contributed by atoms with Gasteiger partial charge in [-0.25, -0.2) is 0 Å². The highest BCUT2D eigenvalue weighted by Gasteiger charge is 2.31. The molecule has 5 heteroatoms. The third-order valence-corrected chi connectivity index (χ3v) is 5.59. The molecule has 0 radical (unpaired) electrons. The van der Waals surface area contributed by atoms with E-state index in [1.165, 1.54) is 17.5 Å². The van der Waals surface area contributed by atoms with Crippen molar-refractivity contribution in [1.29, 1.82) is 0 Å². The van der Waals surface area contributed by atoms with Crippen LogP contribution < -0.4 is 4.90 Å². The number of carbonyl (C=O) groups is 2. The fraction of sp³-hybridized carbons (Fsp3) is 0.381. The van der Waals surface area contributed by atoms with Gasteiger partial charge in [0.25, 0.3) is 5.91 Å². The molecule has 1 fully saturated rings. The average Bonchev–Trinajstić information content (AvgIpc) is 3.15. The molecule has 1 aliphatic heterocycles. The molecule has 2 amide bonds.